The molecule has 1 unspecified atom stereocenters. The molecule has 0 saturated carbocycles. The van der Waals surface area contributed by atoms with Gasteiger partial charge < -0.3 is 19.9 Å². The topological polar surface area (TPSA) is 76.4 Å². The number of aryl methyl sites for hydroxylation is 1. The minimum absolute atomic E-state index is 0. The van der Waals surface area contributed by atoms with E-state index in [1.54, 1.807) is 0 Å². The van der Waals surface area contributed by atoms with Gasteiger partial charge in [0.2, 0.25) is 0 Å². The van der Waals surface area contributed by atoms with E-state index in [2.05, 4.69) is 33.2 Å². The molecular weight excluding hydrogens is 487 g/mol. The second kappa shape index (κ2) is 11.5. The lowest BCUT2D eigenvalue weighted by Gasteiger charge is -2.28. The second-order valence-corrected chi connectivity index (χ2v) is 7.52. The van der Waals surface area contributed by atoms with E-state index in [9.17, 15) is 0 Å². The number of thioether (sulfide) groups is 1. The highest BCUT2D eigenvalue weighted by Crippen LogP contribution is 2.31. The summed E-state index contributed by atoms with van der Waals surface area (Å²) < 4.78 is 7.74. The largest absolute Gasteiger partial charge is 0.493 e. The van der Waals surface area contributed by atoms with Gasteiger partial charge in [0.25, 0.3) is 0 Å². The Balaban J connectivity index is 0.00000280. The zero-order valence-electron chi connectivity index (χ0n) is 16.6. The van der Waals surface area contributed by atoms with E-state index in [0.717, 1.165) is 48.5 Å². The molecule has 1 aromatic heterocycles. The van der Waals surface area contributed by atoms with E-state index < -0.39 is 0 Å². The van der Waals surface area contributed by atoms with E-state index in [0.29, 0.717) is 13.2 Å². The molecular formula is C19H29IN6OS. The Morgan fingerprint density at radius 1 is 1.36 bits per heavy atom. The summed E-state index contributed by atoms with van der Waals surface area (Å²) in [6, 6.07) is 8.38. The highest BCUT2D eigenvalue weighted by molar-refractivity contribution is 14.0. The first-order valence-electron chi connectivity index (χ1n) is 9.29. The molecule has 1 aromatic carbocycles. The van der Waals surface area contributed by atoms with Crippen molar-refractivity contribution >= 4 is 41.7 Å². The average Bonchev–Trinajstić information content (AvgIpc) is 3.01. The lowest BCUT2D eigenvalue weighted by atomic mass is 10.0. The lowest BCUT2D eigenvalue weighted by molar-refractivity contribution is 0.261. The van der Waals surface area contributed by atoms with Gasteiger partial charge >= 0.3 is 0 Å². The number of benzene rings is 1. The molecule has 0 spiro atoms. The van der Waals surface area contributed by atoms with Crippen LogP contribution in [0.4, 0.5) is 0 Å². The molecule has 2 N–H and O–H groups in total. The highest BCUT2D eigenvalue weighted by atomic mass is 127. The Bertz CT molecular complexity index is 782. The van der Waals surface area contributed by atoms with Crippen LogP contribution in [-0.4, -0.2) is 45.9 Å². The van der Waals surface area contributed by atoms with E-state index in [1.165, 1.54) is 5.56 Å². The molecule has 28 heavy (non-hydrogen) atoms. The number of nitrogens with zero attached hydrogens (tertiary/aromatic N) is 4. The second-order valence-electron chi connectivity index (χ2n) is 6.53. The van der Waals surface area contributed by atoms with Gasteiger partial charge in [0.15, 0.2) is 11.8 Å². The number of aliphatic imine (C=N–C) groups is 1. The van der Waals surface area contributed by atoms with Crippen molar-refractivity contribution in [1.29, 1.82) is 0 Å². The van der Waals surface area contributed by atoms with Gasteiger partial charge in [-0.15, -0.1) is 34.2 Å². The maximum atomic E-state index is 5.77. The molecule has 1 atom stereocenters. The van der Waals surface area contributed by atoms with Gasteiger partial charge in [-0.2, -0.15) is 11.8 Å². The Hall–Kier alpha value is -1.49. The van der Waals surface area contributed by atoms with E-state index in [1.807, 2.05) is 48.5 Å². The van der Waals surface area contributed by atoms with Crippen LogP contribution in [0.25, 0.3) is 0 Å². The fraction of sp³-hybridized carbons (Fsp3) is 0.526. The van der Waals surface area contributed by atoms with Gasteiger partial charge in [-0.1, -0.05) is 18.2 Å². The number of aromatic nitrogens is 3. The highest BCUT2D eigenvalue weighted by Gasteiger charge is 2.22. The summed E-state index contributed by atoms with van der Waals surface area (Å²) in [5.41, 5.74) is 1.18. The van der Waals surface area contributed by atoms with Gasteiger partial charge in [0, 0.05) is 25.6 Å². The number of guanidine groups is 1. The van der Waals surface area contributed by atoms with E-state index in [-0.39, 0.29) is 30.0 Å². The number of hydrogen-bond donors (Lipinski definition) is 2. The number of halogens is 1. The van der Waals surface area contributed by atoms with Crippen molar-refractivity contribution in [3.63, 3.8) is 0 Å². The molecule has 7 nitrogen and oxygen atoms in total. The number of ether oxygens (including phenoxy) is 1. The summed E-state index contributed by atoms with van der Waals surface area (Å²) in [4.78, 5) is 4.76. The summed E-state index contributed by atoms with van der Waals surface area (Å²) in [6.07, 6.45) is 4.13. The first kappa shape index (κ1) is 22.8. The Kier molecular flexibility index (Phi) is 9.36. The summed E-state index contributed by atoms with van der Waals surface area (Å²) in [6.45, 7) is 4.02. The lowest BCUT2D eigenvalue weighted by Crippen LogP contribution is -2.41. The van der Waals surface area contributed by atoms with Crippen LogP contribution in [0.2, 0.25) is 0 Å². The molecule has 2 aromatic rings. The maximum Gasteiger partial charge on any atom is 0.192 e. The number of rotatable bonds is 7. The third kappa shape index (κ3) is 6.00. The van der Waals surface area contributed by atoms with Crippen LogP contribution < -0.4 is 15.4 Å². The van der Waals surface area contributed by atoms with E-state index >= 15 is 0 Å². The van der Waals surface area contributed by atoms with Crippen LogP contribution >= 0.6 is 35.7 Å². The fourth-order valence-electron chi connectivity index (χ4n) is 2.97. The fourth-order valence-corrected chi connectivity index (χ4v) is 3.40. The van der Waals surface area contributed by atoms with Crippen LogP contribution in [0.3, 0.4) is 0 Å². The third-order valence-corrected chi connectivity index (χ3v) is 5.35. The van der Waals surface area contributed by atoms with Crippen molar-refractivity contribution in [2.45, 2.75) is 32.4 Å². The Morgan fingerprint density at radius 2 is 2.18 bits per heavy atom. The molecule has 0 aliphatic carbocycles. The minimum atomic E-state index is 0. The van der Waals surface area contributed by atoms with Crippen molar-refractivity contribution in [3.8, 4) is 5.75 Å². The summed E-state index contributed by atoms with van der Waals surface area (Å²) >= 11 is 1.86. The smallest absolute Gasteiger partial charge is 0.192 e. The molecule has 0 amide bonds. The molecule has 9 heteroatoms. The first-order chi connectivity index (χ1) is 13.2. The van der Waals surface area contributed by atoms with Crippen molar-refractivity contribution in [3.05, 3.63) is 41.5 Å². The van der Waals surface area contributed by atoms with Gasteiger partial charge in [-0.05, 0) is 31.4 Å². The zero-order chi connectivity index (χ0) is 19.1. The zero-order valence-corrected chi connectivity index (χ0v) is 19.8. The summed E-state index contributed by atoms with van der Waals surface area (Å²) in [7, 11) is 1.97. The third-order valence-electron chi connectivity index (χ3n) is 4.65. The Morgan fingerprint density at radius 3 is 2.93 bits per heavy atom. The van der Waals surface area contributed by atoms with Crippen molar-refractivity contribution in [2.24, 2.45) is 12.0 Å². The SMILES string of the molecule is CSCCCNC(=NCc1nnc(C)n1C)NC1CCOc2ccccc21.I. The van der Waals surface area contributed by atoms with Gasteiger partial charge in [-0.25, -0.2) is 4.99 Å². The van der Waals surface area contributed by atoms with Crippen molar-refractivity contribution < 1.29 is 4.74 Å². The van der Waals surface area contributed by atoms with Gasteiger partial charge in [-0.3, -0.25) is 0 Å². The van der Waals surface area contributed by atoms with Gasteiger partial charge in [0.05, 0.1) is 12.6 Å². The molecule has 0 saturated heterocycles. The van der Waals surface area contributed by atoms with Crippen LogP contribution in [-0.2, 0) is 13.6 Å². The number of hydrogen-bond acceptors (Lipinski definition) is 5. The normalized spacial score (nSPS) is 16.0. The molecule has 3 rings (SSSR count). The van der Waals surface area contributed by atoms with Crippen LogP contribution in [0.15, 0.2) is 29.3 Å². The average molecular weight is 516 g/mol. The predicted octanol–water partition coefficient (Wildman–Crippen LogP) is 3.05. The summed E-state index contributed by atoms with van der Waals surface area (Å²) in [5, 5.41) is 15.4. The number of para-hydroxylation sites is 1. The minimum Gasteiger partial charge on any atom is -0.493 e. The van der Waals surface area contributed by atoms with Crippen LogP contribution in [0.5, 0.6) is 5.75 Å². The van der Waals surface area contributed by atoms with Crippen molar-refractivity contribution in [1.82, 2.24) is 25.4 Å². The molecule has 0 fully saturated rings. The van der Waals surface area contributed by atoms with Crippen LogP contribution in [0, 0.1) is 6.92 Å². The standard InChI is InChI=1S/C19H28N6OS.HI/c1-14-23-24-18(25(14)2)13-21-19(20-10-6-12-27-3)22-16-9-11-26-17-8-5-4-7-15(16)17;/h4-5,7-8,16H,6,9-13H2,1-3H3,(H2,20,21,22);1H. The molecule has 1 aliphatic heterocycles. The molecule has 2 heterocycles. The number of fused-ring (bicyclic) bond motifs is 1. The maximum absolute atomic E-state index is 5.77. The van der Waals surface area contributed by atoms with Crippen LogP contribution in [0.1, 0.15) is 36.1 Å². The molecule has 1 aliphatic rings. The van der Waals surface area contributed by atoms with Gasteiger partial charge in [0.1, 0.15) is 18.1 Å². The monoisotopic (exact) mass is 516 g/mol. The quantitative estimate of drug-likeness (QED) is 0.255. The van der Waals surface area contributed by atoms with E-state index in [4.69, 9.17) is 9.73 Å². The first-order valence-corrected chi connectivity index (χ1v) is 10.7. The molecule has 154 valence electrons. The predicted molar refractivity (Wildman–Crippen MR) is 126 cm³/mol. The number of nitrogens with one attached hydrogen (secondary N) is 2. The van der Waals surface area contributed by atoms with Crippen molar-refractivity contribution in [2.75, 3.05) is 25.2 Å². The Labute approximate surface area is 188 Å². The summed E-state index contributed by atoms with van der Waals surface area (Å²) in [5.74, 6) is 4.62. The molecule has 0 bridgehead atoms. The molecule has 0 radical (unpaired) electrons.